The molecule has 0 aliphatic rings. The molecule has 1 heteroatoms. The van der Waals surface area contributed by atoms with Gasteiger partial charge < -0.3 is 5.32 Å². The normalized spacial score (nSPS) is 15.5. The first-order valence-electron chi connectivity index (χ1n) is 4.30. The minimum Gasteiger partial charge on any atom is -0.317 e. The predicted molar refractivity (Wildman–Crippen MR) is 48.7 cm³/mol. The van der Waals surface area contributed by atoms with Crippen molar-refractivity contribution in [3.05, 3.63) is 6.42 Å². The van der Waals surface area contributed by atoms with E-state index in [0.29, 0.717) is 12.0 Å². The molecule has 0 fully saturated rings. The zero-order valence-corrected chi connectivity index (χ0v) is 7.78. The van der Waals surface area contributed by atoms with Crippen LogP contribution in [0.25, 0.3) is 0 Å². The molecule has 11 heavy (non-hydrogen) atoms. The maximum Gasteiger partial charge on any atom is 0.0184 e. The van der Waals surface area contributed by atoms with Gasteiger partial charge in [0.05, 0.1) is 0 Å². The summed E-state index contributed by atoms with van der Waals surface area (Å²) in [6, 6.07) is 0.605. The van der Waals surface area contributed by atoms with Gasteiger partial charge in [-0.15, -0.1) is 0 Å². The lowest BCUT2D eigenvalue weighted by molar-refractivity contribution is 0.503. The average molecular weight is 152 g/mol. The summed E-state index contributed by atoms with van der Waals surface area (Å²) in [6.07, 6.45) is 10.4. The third-order valence-electron chi connectivity index (χ3n) is 2.01. The van der Waals surface area contributed by atoms with Gasteiger partial charge in [0, 0.05) is 12.0 Å². The van der Waals surface area contributed by atoms with Gasteiger partial charge in [0.25, 0.3) is 0 Å². The number of nitrogens with one attached hydrogen (secondary N) is 1. The van der Waals surface area contributed by atoms with Crippen molar-refractivity contribution in [2.45, 2.75) is 39.2 Å². The lowest BCUT2D eigenvalue weighted by atomic mass is 10.0. The Morgan fingerprint density at radius 1 is 1.36 bits per heavy atom. The van der Waals surface area contributed by atoms with Gasteiger partial charge in [0.15, 0.2) is 0 Å². The lowest BCUT2D eigenvalue weighted by Crippen LogP contribution is -2.20. The summed E-state index contributed by atoms with van der Waals surface area (Å²) in [5.74, 6) is 2.82. The summed E-state index contributed by atoms with van der Waals surface area (Å²) < 4.78 is 0. The molecule has 0 saturated carbocycles. The molecular weight excluding hydrogens is 134 g/mol. The van der Waals surface area contributed by atoms with Gasteiger partial charge in [0.2, 0.25) is 0 Å². The zero-order chi connectivity index (χ0) is 8.69. The Balaban J connectivity index is 3.21. The molecule has 0 aliphatic carbocycles. The molecule has 0 aromatic heterocycles. The molecule has 1 radical (unpaired) electrons. The smallest absolute Gasteiger partial charge is 0.0184 e. The summed E-state index contributed by atoms with van der Waals surface area (Å²) in [6.45, 7) is 4.22. The van der Waals surface area contributed by atoms with Gasteiger partial charge in [-0.3, -0.25) is 0 Å². The summed E-state index contributed by atoms with van der Waals surface area (Å²) in [5, 5.41) is 3.19. The standard InChI is InChI=1S/C10H18N/c1-5-9(2)7-6-8-10(3)11-4/h9-11H,6-8H2,2-4H3. The van der Waals surface area contributed by atoms with E-state index in [4.69, 9.17) is 6.42 Å². The highest BCUT2D eigenvalue weighted by atomic mass is 14.8. The van der Waals surface area contributed by atoms with Crippen LogP contribution in [-0.2, 0) is 0 Å². The van der Waals surface area contributed by atoms with Crippen molar-refractivity contribution in [1.29, 1.82) is 0 Å². The van der Waals surface area contributed by atoms with Gasteiger partial charge in [-0.25, -0.2) is 0 Å². The molecule has 0 amide bonds. The highest BCUT2D eigenvalue weighted by Gasteiger charge is 2.00. The summed E-state index contributed by atoms with van der Waals surface area (Å²) in [5.41, 5.74) is 0. The fourth-order valence-corrected chi connectivity index (χ4v) is 0.947. The topological polar surface area (TPSA) is 12.0 Å². The molecular formula is C10H18N. The SMILES string of the molecule is [C]#CC(C)CCCC(C)NC. The molecule has 0 spiro atoms. The highest BCUT2D eigenvalue weighted by molar-refractivity contribution is 4.83. The maximum atomic E-state index is 6.87. The van der Waals surface area contributed by atoms with E-state index >= 15 is 0 Å². The molecule has 1 N–H and O–H groups in total. The van der Waals surface area contributed by atoms with Crippen LogP contribution in [0, 0.1) is 18.3 Å². The van der Waals surface area contributed by atoms with Crippen LogP contribution < -0.4 is 5.32 Å². The van der Waals surface area contributed by atoms with E-state index in [2.05, 4.69) is 18.2 Å². The minimum atomic E-state index is 0.332. The van der Waals surface area contributed by atoms with Crippen LogP contribution in [-0.4, -0.2) is 13.1 Å². The molecule has 63 valence electrons. The molecule has 0 bridgehead atoms. The number of hydrogen-bond donors (Lipinski definition) is 1. The van der Waals surface area contributed by atoms with Crippen molar-refractivity contribution in [3.63, 3.8) is 0 Å². The molecule has 0 aliphatic heterocycles. The first-order chi connectivity index (χ1) is 5.20. The molecule has 0 aromatic carbocycles. The quantitative estimate of drug-likeness (QED) is 0.594. The Morgan fingerprint density at radius 3 is 2.45 bits per heavy atom. The van der Waals surface area contributed by atoms with Gasteiger partial charge in [-0.05, 0) is 33.2 Å². The molecule has 1 nitrogen and oxygen atoms in total. The van der Waals surface area contributed by atoms with Gasteiger partial charge in [-0.1, -0.05) is 19.3 Å². The largest absolute Gasteiger partial charge is 0.317 e. The van der Waals surface area contributed by atoms with Crippen molar-refractivity contribution in [3.8, 4) is 5.92 Å². The Morgan fingerprint density at radius 2 is 2.00 bits per heavy atom. The second kappa shape index (κ2) is 6.24. The molecule has 2 unspecified atom stereocenters. The van der Waals surface area contributed by atoms with Gasteiger partial charge in [-0.2, -0.15) is 0 Å². The van der Waals surface area contributed by atoms with Crippen molar-refractivity contribution in [2.24, 2.45) is 5.92 Å². The van der Waals surface area contributed by atoms with Crippen LogP contribution >= 0.6 is 0 Å². The van der Waals surface area contributed by atoms with Crippen LogP contribution in [0.4, 0.5) is 0 Å². The van der Waals surface area contributed by atoms with E-state index in [1.54, 1.807) is 0 Å². The molecule has 2 atom stereocenters. The lowest BCUT2D eigenvalue weighted by Gasteiger charge is -2.09. The summed E-state index contributed by atoms with van der Waals surface area (Å²) in [7, 11) is 1.98. The first kappa shape index (κ1) is 10.5. The molecule has 0 saturated heterocycles. The van der Waals surface area contributed by atoms with E-state index in [-0.39, 0.29) is 0 Å². The Kier molecular flexibility index (Phi) is 5.97. The number of hydrogen-bond acceptors (Lipinski definition) is 1. The summed E-state index contributed by atoms with van der Waals surface area (Å²) in [4.78, 5) is 0. The average Bonchev–Trinajstić information content (AvgIpc) is 2.04. The van der Waals surface area contributed by atoms with Gasteiger partial charge in [0.1, 0.15) is 0 Å². The van der Waals surface area contributed by atoms with Crippen LogP contribution in [0.15, 0.2) is 0 Å². The van der Waals surface area contributed by atoms with E-state index in [1.165, 1.54) is 12.8 Å². The number of rotatable bonds is 5. The Hall–Kier alpha value is -0.480. The van der Waals surface area contributed by atoms with Crippen molar-refractivity contribution >= 4 is 0 Å². The highest BCUT2D eigenvalue weighted by Crippen LogP contribution is 2.07. The van der Waals surface area contributed by atoms with Crippen LogP contribution in [0.3, 0.4) is 0 Å². The minimum absolute atomic E-state index is 0.332. The zero-order valence-electron chi connectivity index (χ0n) is 7.78. The first-order valence-corrected chi connectivity index (χ1v) is 4.30. The van der Waals surface area contributed by atoms with Gasteiger partial charge >= 0.3 is 0 Å². The van der Waals surface area contributed by atoms with Crippen LogP contribution in [0.2, 0.25) is 0 Å². The van der Waals surface area contributed by atoms with E-state index in [9.17, 15) is 0 Å². The molecule has 0 rings (SSSR count). The van der Waals surface area contributed by atoms with Crippen molar-refractivity contribution < 1.29 is 0 Å². The second-order valence-corrected chi connectivity index (χ2v) is 3.17. The maximum absolute atomic E-state index is 6.87. The van der Waals surface area contributed by atoms with Crippen molar-refractivity contribution in [2.75, 3.05) is 7.05 Å². The molecule has 0 heterocycles. The fourth-order valence-electron chi connectivity index (χ4n) is 0.947. The van der Waals surface area contributed by atoms with Crippen molar-refractivity contribution in [1.82, 2.24) is 5.32 Å². The third kappa shape index (κ3) is 5.94. The second-order valence-electron chi connectivity index (χ2n) is 3.17. The van der Waals surface area contributed by atoms with E-state index in [0.717, 1.165) is 6.42 Å². The van der Waals surface area contributed by atoms with E-state index < -0.39 is 0 Å². The fraction of sp³-hybridized carbons (Fsp3) is 0.800. The third-order valence-corrected chi connectivity index (χ3v) is 2.01. The Labute approximate surface area is 70.6 Å². The monoisotopic (exact) mass is 152 g/mol. The molecule has 0 aromatic rings. The summed E-state index contributed by atoms with van der Waals surface area (Å²) >= 11 is 0. The van der Waals surface area contributed by atoms with Crippen LogP contribution in [0.5, 0.6) is 0 Å². The van der Waals surface area contributed by atoms with E-state index in [1.807, 2.05) is 14.0 Å². The van der Waals surface area contributed by atoms with Crippen LogP contribution in [0.1, 0.15) is 33.1 Å². The Bertz CT molecular complexity index is 123. The predicted octanol–water partition coefficient (Wildman–Crippen LogP) is 1.99.